The fourth-order valence-corrected chi connectivity index (χ4v) is 6.46. The molecule has 0 aromatic heterocycles. The van der Waals surface area contributed by atoms with E-state index in [1.54, 1.807) is 12.1 Å². The lowest BCUT2D eigenvalue weighted by Crippen LogP contribution is -2.46. The molecule has 3 aromatic carbocycles. The van der Waals surface area contributed by atoms with Crippen molar-refractivity contribution < 1.29 is 18.0 Å². The summed E-state index contributed by atoms with van der Waals surface area (Å²) in [4.78, 5) is 30.2. The summed E-state index contributed by atoms with van der Waals surface area (Å²) in [6.07, 6.45) is 7.52. The number of anilines is 2. The van der Waals surface area contributed by atoms with Crippen LogP contribution in [0.15, 0.2) is 78.9 Å². The zero-order valence-electron chi connectivity index (χ0n) is 25.7. The number of carbonyl (C=O) groups excluding carboxylic acids is 2. The number of hydrogen-bond acceptors (Lipinski definition) is 5. The van der Waals surface area contributed by atoms with Crippen LogP contribution in [-0.2, 0) is 10.0 Å². The number of nitrogens with two attached hydrogens (primary N) is 1. The number of amides is 3. The topological polar surface area (TPSA) is 125 Å². The van der Waals surface area contributed by atoms with Crippen LogP contribution in [0.5, 0.6) is 0 Å². The van der Waals surface area contributed by atoms with E-state index >= 15 is 0 Å². The van der Waals surface area contributed by atoms with Crippen molar-refractivity contribution in [2.75, 3.05) is 35.5 Å². The number of nitrogens with one attached hydrogen (secondary N) is 2. The third-order valence-electron chi connectivity index (χ3n) is 8.05. The van der Waals surface area contributed by atoms with E-state index in [-0.39, 0.29) is 29.2 Å². The molecule has 0 unspecified atom stereocenters. The molecular weight excluding hydrogens is 574 g/mol. The maximum atomic E-state index is 13.8. The summed E-state index contributed by atoms with van der Waals surface area (Å²) in [6, 6.07) is 24.9. The highest BCUT2D eigenvalue weighted by atomic mass is 32.2. The zero-order chi connectivity index (χ0) is 31.5. The summed E-state index contributed by atoms with van der Waals surface area (Å²) < 4.78 is 26.3. The summed E-state index contributed by atoms with van der Waals surface area (Å²) in [5.74, 6) is -0.365. The van der Waals surface area contributed by atoms with Gasteiger partial charge in [0.2, 0.25) is 10.0 Å². The number of hydrogen-bond donors (Lipinski definition) is 3. The van der Waals surface area contributed by atoms with Gasteiger partial charge in [0, 0.05) is 31.4 Å². The summed E-state index contributed by atoms with van der Waals surface area (Å²) in [7, 11) is -3.57. The van der Waals surface area contributed by atoms with Gasteiger partial charge in [0.05, 0.1) is 23.5 Å². The second-order valence-electron chi connectivity index (χ2n) is 11.5. The molecule has 0 spiro atoms. The first-order valence-corrected chi connectivity index (χ1v) is 17.4. The highest BCUT2D eigenvalue weighted by Gasteiger charge is 2.29. The number of piperidine rings is 1. The Hall–Kier alpha value is -3.89. The molecule has 0 saturated carbocycles. The Morgan fingerprint density at radius 2 is 1.50 bits per heavy atom. The Morgan fingerprint density at radius 1 is 0.909 bits per heavy atom. The van der Waals surface area contributed by atoms with Crippen LogP contribution in [0.2, 0.25) is 0 Å². The summed E-state index contributed by atoms with van der Waals surface area (Å²) in [5.41, 5.74) is 9.06. The first-order valence-electron chi connectivity index (χ1n) is 15.5. The molecule has 1 fully saturated rings. The Balaban J connectivity index is 1.51. The molecule has 4 rings (SSSR count). The summed E-state index contributed by atoms with van der Waals surface area (Å²) >= 11 is 0. The molecule has 0 aliphatic carbocycles. The van der Waals surface area contributed by atoms with Crippen LogP contribution < -0.4 is 20.7 Å². The molecule has 1 aliphatic heterocycles. The molecule has 0 atom stereocenters. The van der Waals surface area contributed by atoms with E-state index in [1.807, 2.05) is 12.1 Å². The molecule has 0 bridgehead atoms. The lowest BCUT2D eigenvalue weighted by Gasteiger charge is -2.38. The normalized spacial score (nSPS) is 14.3. The van der Waals surface area contributed by atoms with Gasteiger partial charge < -0.3 is 11.1 Å². The average Bonchev–Trinajstić information content (AvgIpc) is 3.00. The number of rotatable bonds is 14. The monoisotopic (exact) mass is 619 g/mol. The summed E-state index contributed by atoms with van der Waals surface area (Å²) in [6.45, 7) is 4.08. The van der Waals surface area contributed by atoms with Gasteiger partial charge in [-0.1, -0.05) is 93.3 Å². The van der Waals surface area contributed by atoms with Gasteiger partial charge in [0.1, 0.15) is 0 Å². The van der Waals surface area contributed by atoms with Crippen molar-refractivity contribution in [3.8, 4) is 0 Å². The Kier molecular flexibility index (Phi) is 11.8. The van der Waals surface area contributed by atoms with E-state index in [0.717, 1.165) is 64.3 Å². The molecule has 1 saturated heterocycles. The van der Waals surface area contributed by atoms with Crippen molar-refractivity contribution in [3.05, 3.63) is 95.6 Å². The van der Waals surface area contributed by atoms with Crippen molar-refractivity contribution >= 4 is 33.3 Å². The molecule has 4 N–H and O–H groups in total. The third-order valence-corrected chi connectivity index (χ3v) is 8.65. The SMILES string of the molecule is CCCCCCCN(C(N)=O)c1ccc(NS(C)(=O)=O)cc1C(=O)NC1CCN(C(c2ccccc2)c2ccccc2)CC1. The zero-order valence-corrected chi connectivity index (χ0v) is 26.6. The van der Waals surface area contributed by atoms with Gasteiger partial charge in [-0.2, -0.15) is 0 Å². The fourth-order valence-electron chi connectivity index (χ4n) is 5.90. The van der Waals surface area contributed by atoms with Gasteiger partial charge >= 0.3 is 6.03 Å². The lowest BCUT2D eigenvalue weighted by molar-refractivity contribution is 0.0901. The second kappa shape index (κ2) is 15.7. The molecule has 9 nitrogen and oxygen atoms in total. The van der Waals surface area contributed by atoms with Crippen LogP contribution in [0.3, 0.4) is 0 Å². The number of unbranched alkanes of at least 4 members (excludes halogenated alkanes) is 4. The van der Waals surface area contributed by atoms with Gasteiger partial charge in [0.25, 0.3) is 5.91 Å². The molecule has 10 heteroatoms. The van der Waals surface area contributed by atoms with Crippen LogP contribution in [0.25, 0.3) is 0 Å². The van der Waals surface area contributed by atoms with Gasteiger partial charge in [-0.15, -0.1) is 0 Å². The Morgan fingerprint density at radius 3 is 2.05 bits per heavy atom. The van der Waals surface area contributed by atoms with Gasteiger partial charge in [-0.25, -0.2) is 13.2 Å². The maximum absolute atomic E-state index is 13.8. The third kappa shape index (κ3) is 9.30. The molecule has 44 heavy (non-hydrogen) atoms. The molecule has 1 aliphatic rings. The molecule has 236 valence electrons. The van der Waals surface area contributed by atoms with Crippen molar-refractivity contribution in [3.63, 3.8) is 0 Å². The van der Waals surface area contributed by atoms with Gasteiger partial charge in [-0.3, -0.25) is 19.3 Å². The summed E-state index contributed by atoms with van der Waals surface area (Å²) in [5, 5.41) is 3.16. The minimum absolute atomic E-state index is 0.0820. The number of carbonyl (C=O) groups is 2. The maximum Gasteiger partial charge on any atom is 0.319 e. The predicted molar refractivity (Wildman–Crippen MR) is 177 cm³/mol. The minimum atomic E-state index is -3.57. The van der Waals surface area contributed by atoms with Crippen LogP contribution in [0.4, 0.5) is 16.2 Å². The van der Waals surface area contributed by atoms with E-state index in [1.165, 1.54) is 22.1 Å². The number of benzene rings is 3. The van der Waals surface area contributed by atoms with Crippen molar-refractivity contribution in [2.45, 2.75) is 64.0 Å². The number of nitrogens with zero attached hydrogens (tertiary/aromatic N) is 2. The predicted octanol–water partition coefficient (Wildman–Crippen LogP) is 5.90. The van der Waals surface area contributed by atoms with Gasteiger partial charge in [-0.05, 0) is 48.6 Å². The largest absolute Gasteiger partial charge is 0.351 e. The van der Waals surface area contributed by atoms with Crippen molar-refractivity contribution in [2.24, 2.45) is 5.73 Å². The number of sulfonamides is 1. The highest BCUT2D eigenvalue weighted by Crippen LogP contribution is 2.32. The van der Waals surface area contributed by atoms with E-state index < -0.39 is 16.1 Å². The second-order valence-corrected chi connectivity index (χ2v) is 13.3. The molecular formula is C34H45N5O4S. The minimum Gasteiger partial charge on any atom is -0.351 e. The Bertz CT molecular complexity index is 1440. The van der Waals surface area contributed by atoms with E-state index in [4.69, 9.17) is 5.73 Å². The van der Waals surface area contributed by atoms with Crippen LogP contribution in [0, 0.1) is 0 Å². The van der Waals surface area contributed by atoms with Crippen LogP contribution >= 0.6 is 0 Å². The average molecular weight is 620 g/mol. The molecule has 3 aromatic rings. The van der Waals surface area contributed by atoms with Gasteiger partial charge in [0.15, 0.2) is 0 Å². The molecule has 1 heterocycles. The van der Waals surface area contributed by atoms with E-state index in [9.17, 15) is 18.0 Å². The smallest absolute Gasteiger partial charge is 0.319 e. The number of primary amides is 1. The number of urea groups is 1. The number of likely N-dealkylation sites (tertiary alicyclic amines) is 1. The quantitative estimate of drug-likeness (QED) is 0.194. The highest BCUT2D eigenvalue weighted by molar-refractivity contribution is 7.92. The van der Waals surface area contributed by atoms with Crippen LogP contribution in [0.1, 0.15) is 79.4 Å². The van der Waals surface area contributed by atoms with Crippen molar-refractivity contribution in [1.29, 1.82) is 0 Å². The Labute approximate surface area is 261 Å². The van der Waals surface area contributed by atoms with E-state index in [0.29, 0.717) is 12.2 Å². The molecule has 0 radical (unpaired) electrons. The lowest BCUT2D eigenvalue weighted by atomic mass is 9.94. The standard InChI is InChI=1S/C34H45N5O4S/c1-3-4-5-6-13-22-39(34(35)41)31-19-18-29(37-44(2,42)43)25-30(31)33(40)36-28-20-23-38(24-21-28)32(26-14-9-7-10-15-26)27-16-11-8-12-17-27/h7-12,14-19,25,28,32,37H,3-6,13,20-24H2,1-2H3,(H2,35,41)(H,36,40). The van der Waals surface area contributed by atoms with Crippen molar-refractivity contribution in [1.82, 2.24) is 10.2 Å². The van der Waals surface area contributed by atoms with E-state index in [2.05, 4.69) is 70.4 Å². The first-order chi connectivity index (χ1) is 21.2. The fraction of sp³-hybridized carbons (Fsp3) is 0.412. The molecule has 3 amide bonds. The van der Waals surface area contributed by atoms with Crippen LogP contribution in [-0.4, -0.2) is 57.2 Å². The first kappa shape index (κ1) is 33.0.